The minimum atomic E-state index is -0.773. The zero-order chi connectivity index (χ0) is 25.3. The summed E-state index contributed by atoms with van der Waals surface area (Å²) in [5, 5.41) is 0.435. The van der Waals surface area contributed by atoms with Crippen molar-refractivity contribution in [3.05, 3.63) is 88.0 Å². The summed E-state index contributed by atoms with van der Waals surface area (Å²) in [5.74, 6) is 0.615. The molecule has 1 aliphatic rings. The number of esters is 1. The summed E-state index contributed by atoms with van der Waals surface area (Å²) in [6.07, 6.45) is 1.74. The molecule has 2 aromatic carbocycles. The topological polar surface area (TPSA) is 79.1 Å². The molecule has 35 heavy (non-hydrogen) atoms. The van der Waals surface area contributed by atoms with Crippen LogP contribution in [0.15, 0.2) is 61.9 Å². The van der Waals surface area contributed by atoms with Crippen molar-refractivity contribution in [3.8, 4) is 11.5 Å². The van der Waals surface area contributed by atoms with Crippen LogP contribution in [-0.2, 0) is 9.53 Å². The number of methoxy groups -OCH3 is 2. The molecule has 7 nitrogen and oxygen atoms in total. The van der Waals surface area contributed by atoms with Gasteiger partial charge in [0.05, 0.1) is 41.1 Å². The second-order valence-corrected chi connectivity index (χ2v) is 9.82. The highest BCUT2D eigenvalue weighted by Gasteiger charge is 2.34. The third kappa shape index (κ3) is 4.68. The summed E-state index contributed by atoms with van der Waals surface area (Å²) in [6, 6.07) is 9.92. The molecule has 2 heterocycles. The molecule has 0 fully saturated rings. The van der Waals surface area contributed by atoms with E-state index in [-0.39, 0.29) is 17.7 Å². The largest absolute Gasteiger partial charge is 0.496 e. The van der Waals surface area contributed by atoms with Crippen LogP contribution in [0.1, 0.15) is 31.0 Å². The lowest BCUT2D eigenvalue weighted by Crippen LogP contribution is -2.40. The highest BCUT2D eigenvalue weighted by atomic mass is 79.9. The Balaban J connectivity index is 1.99. The van der Waals surface area contributed by atoms with Crippen molar-refractivity contribution in [1.82, 2.24) is 4.57 Å². The van der Waals surface area contributed by atoms with Gasteiger partial charge < -0.3 is 14.2 Å². The normalized spacial score (nSPS) is 15.5. The van der Waals surface area contributed by atoms with Crippen LogP contribution < -0.4 is 24.4 Å². The van der Waals surface area contributed by atoms with Gasteiger partial charge in [0.15, 0.2) is 4.80 Å². The molecule has 0 saturated heterocycles. The Labute approximate surface area is 219 Å². The van der Waals surface area contributed by atoms with Gasteiger partial charge in [0.1, 0.15) is 17.5 Å². The molecule has 0 bridgehead atoms. The number of thiazole rings is 1. The Kier molecular flexibility index (Phi) is 7.49. The molecule has 3 aromatic rings. The average molecular weight is 578 g/mol. The molecule has 0 N–H and O–H groups in total. The maximum absolute atomic E-state index is 13.7. The van der Waals surface area contributed by atoms with Gasteiger partial charge in [-0.2, -0.15) is 0 Å². The zero-order valence-corrected chi connectivity index (χ0v) is 22.6. The predicted octanol–water partition coefficient (Wildman–Crippen LogP) is 4.23. The number of ether oxygens (including phenoxy) is 3. The fourth-order valence-corrected chi connectivity index (χ4v) is 5.72. The van der Waals surface area contributed by atoms with Crippen molar-refractivity contribution in [2.24, 2.45) is 4.99 Å². The molecule has 1 aromatic heterocycles. The van der Waals surface area contributed by atoms with E-state index in [0.717, 1.165) is 0 Å². The fraction of sp³-hybridized carbons (Fsp3) is 0.240. The SMILES string of the molecule is CCOC(=O)C1=C(C)N=c2s/c(=C\c3cc(Br)c(OC)cc3OC)c(=O)n2C1c1ccccc1Cl. The molecule has 0 aliphatic carbocycles. The van der Waals surface area contributed by atoms with E-state index < -0.39 is 12.0 Å². The fourth-order valence-electron chi connectivity index (χ4n) is 3.92. The van der Waals surface area contributed by atoms with Crippen molar-refractivity contribution in [1.29, 1.82) is 0 Å². The standard InChI is InChI=1S/C25H22BrClN2O5S/c1-5-34-24(31)21-13(2)28-25-29(22(21)15-8-6-7-9-17(15)27)23(30)20(35-25)11-14-10-16(26)19(33-4)12-18(14)32-3/h6-12,22H,5H2,1-4H3/b20-11-. The number of carbonyl (C=O) groups excluding carboxylic acids is 1. The molecule has 182 valence electrons. The molecule has 4 rings (SSSR count). The first-order valence-corrected chi connectivity index (χ1v) is 12.6. The predicted molar refractivity (Wildman–Crippen MR) is 139 cm³/mol. The summed E-state index contributed by atoms with van der Waals surface area (Å²) in [7, 11) is 3.11. The highest BCUT2D eigenvalue weighted by molar-refractivity contribution is 9.10. The highest BCUT2D eigenvalue weighted by Crippen LogP contribution is 2.35. The van der Waals surface area contributed by atoms with Crippen LogP contribution in [0.5, 0.6) is 11.5 Å². The average Bonchev–Trinajstić information content (AvgIpc) is 3.13. The third-order valence-electron chi connectivity index (χ3n) is 5.51. The quantitative estimate of drug-likeness (QED) is 0.410. The van der Waals surface area contributed by atoms with Gasteiger partial charge in [0, 0.05) is 16.7 Å². The second kappa shape index (κ2) is 10.4. The Morgan fingerprint density at radius 3 is 2.60 bits per heavy atom. The molecule has 1 unspecified atom stereocenters. The minimum absolute atomic E-state index is 0.196. The summed E-state index contributed by atoms with van der Waals surface area (Å²) in [4.78, 5) is 31.8. The number of fused-ring (bicyclic) bond motifs is 1. The first kappa shape index (κ1) is 25.2. The van der Waals surface area contributed by atoms with Crippen LogP contribution in [0.4, 0.5) is 0 Å². The van der Waals surface area contributed by atoms with E-state index in [0.29, 0.717) is 47.2 Å². The minimum Gasteiger partial charge on any atom is -0.496 e. The van der Waals surface area contributed by atoms with Gasteiger partial charge in [-0.3, -0.25) is 9.36 Å². The van der Waals surface area contributed by atoms with Gasteiger partial charge in [-0.1, -0.05) is 41.1 Å². The van der Waals surface area contributed by atoms with Crippen LogP contribution in [0, 0.1) is 0 Å². The van der Waals surface area contributed by atoms with Gasteiger partial charge in [-0.25, -0.2) is 9.79 Å². The van der Waals surface area contributed by atoms with Crippen LogP contribution >= 0.6 is 38.9 Å². The number of allylic oxidation sites excluding steroid dienone is 1. The van der Waals surface area contributed by atoms with Crippen LogP contribution in [0.3, 0.4) is 0 Å². The van der Waals surface area contributed by atoms with Crippen molar-refractivity contribution < 1.29 is 19.0 Å². The van der Waals surface area contributed by atoms with Crippen molar-refractivity contribution >= 4 is 50.9 Å². The number of hydrogen-bond donors (Lipinski definition) is 0. The summed E-state index contributed by atoms with van der Waals surface area (Å²) >= 11 is 11.2. The molecule has 0 spiro atoms. The van der Waals surface area contributed by atoms with E-state index >= 15 is 0 Å². The maximum atomic E-state index is 13.7. The van der Waals surface area contributed by atoms with E-state index in [1.807, 2.05) is 12.1 Å². The molecule has 1 atom stereocenters. The van der Waals surface area contributed by atoms with Crippen molar-refractivity contribution in [2.45, 2.75) is 19.9 Å². The number of hydrogen-bond acceptors (Lipinski definition) is 7. The van der Waals surface area contributed by atoms with Gasteiger partial charge in [0.2, 0.25) is 0 Å². The van der Waals surface area contributed by atoms with Crippen LogP contribution in [-0.4, -0.2) is 31.4 Å². The summed E-state index contributed by atoms with van der Waals surface area (Å²) < 4.78 is 18.8. The van der Waals surface area contributed by atoms with Crippen molar-refractivity contribution in [2.75, 3.05) is 20.8 Å². The number of halogens is 2. The van der Waals surface area contributed by atoms with Crippen molar-refractivity contribution in [3.63, 3.8) is 0 Å². The molecular weight excluding hydrogens is 556 g/mol. The molecule has 1 aliphatic heterocycles. The molecule has 10 heteroatoms. The van der Waals surface area contributed by atoms with E-state index in [9.17, 15) is 9.59 Å². The van der Waals surface area contributed by atoms with E-state index in [2.05, 4.69) is 20.9 Å². The van der Waals surface area contributed by atoms with E-state index in [4.69, 9.17) is 25.8 Å². The Morgan fingerprint density at radius 1 is 1.23 bits per heavy atom. The number of nitrogens with zero attached hydrogens (tertiary/aromatic N) is 2. The molecule has 0 amide bonds. The lowest BCUT2D eigenvalue weighted by Gasteiger charge is -2.25. The van der Waals surface area contributed by atoms with Crippen LogP contribution in [0.2, 0.25) is 5.02 Å². The first-order chi connectivity index (χ1) is 16.8. The van der Waals surface area contributed by atoms with E-state index in [1.54, 1.807) is 58.4 Å². The molecule has 0 saturated carbocycles. The number of carbonyl (C=O) groups is 1. The van der Waals surface area contributed by atoms with Gasteiger partial charge in [0.25, 0.3) is 5.56 Å². The summed E-state index contributed by atoms with van der Waals surface area (Å²) in [6.45, 7) is 3.66. The third-order valence-corrected chi connectivity index (χ3v) is 7.45. The Hall–Kier alpha value is -2.88. The summed E-state index contributed by atoms with van der Waals surface area (Å²) in [5.41, 5.74) is 1.75. The van der Waals surface area contributed by atoms with Gasteiger partial charge >= 0.3 is 5.97 Å². The molecule has 0 radical (unpaired) electrons. The lowest BCUT2D eigenvalue weighted by molar-refractivity contribution is -0.139. The van der Waals surface area contributed by atoms with Gasteiger partial charge in [-0.05, 0) is 53.5 Å². The number of benzene rings is 2. The number of rotatable bonds is 6. The molecular formula is C25H22BrClN2O5S. The Morgan fingerprint density at radius 2 is 1.94 bits per heavy atom. The van der Waals surface area contributed by atoms with Gasteiger partial charge in [-0.15, -0.1) is 0 Å². The smallest absolute Gasteiger partial charge is 0.338 e. The number of aromatic nitrogens is 1. The Bertz CT molecular complexity index is 1530. The second-order valence-electron chi connectivity index (χ2n) is 7.55. The monoisotopic (exact) mass is 576 g/mol. The van der Waals surface area contributed by atoms with Crippen LogP contribution in [0.25, 0.3) is 6.08 Å². The zero-order valence-electron chi connectivity index (χ0n) is 19.4. The first-order valence-electron chi connectivity index (χ1n) is 10.7. The lowest BCUT2D eigenvalue weighted by atomic mass is 9.96. The maximum Gasteiger partial charge on any atom is 0.338 e. The van der Waals surface area contributed by atoms with E-state index in [1.165, 1.54) is 15.9 Å².